The molecule has 0 unspecified atom stereocenters. The maximum absolute atomic E-state index is 12.3. The van der Waals surface area contributed by atoms with Gasteiger partial charge in [-0.3, -0.25) is 14.5 Å². The highest BCUT2D eigenvalue weighted by molar-refractivity contribution is 6.21. The fraction of sp³-hybridized carbons (Fsp3) is 0.176. The van der Waals surface area contributed by atoms with Crippen LogP contribution in [0.3, 0.4) is 0 Å². The van der Waals surface area contributed by atoms with Crippen molar-refractivity contribution in [1.82, 2.24) is 4.90 Å². The maximum atomic E-state index is 12.3. The Kier molecular flexibility index (Phi) is 2.85. The quantitative estimate of drug-likeness (QED) is 0.797. The number of benzene rings is 2. The van der Waals surface area contributed by atoms with Crippen LogP contribution in [0, 0.1) is 0 Å². The molecular formula is C17H13NO4. The first-order valence-corrected chi connectivity index (χ1v) is 7.08. The van der Waals surface area contributed by atoms with Gasteiger partial charge in [-0.25, -0.2) is 0 Å². The lowest BCUT2D eigenvalue weighted by atomic mass is 10.1. The number of fused-ring (bicyclic) bond motifs is 2. The van der Waals surface area contributed by atoms with Gasteiger partial charge in [0.1, 0.15) is 13.2 Å². The number of ether oxygens (including phenoxy) is 2. The number of amides is 2. The van der Waals surface area contributed by atoms with Crippen LogP contribution in [-0.4, -0.2) is 29.9 Å². The molecule has 22 heavy (non-hydrogen) atoms. The molecule has 0 aromatic heterocycles. The fourth-order valence-corrected chi connectivity index (χ4v) is 2.75. The van der Waals surface area contributed by atoms with E-state index in [1.54, 1.807) is 24.3 Å². The molecule has 0 fully saturated rings. The van der Waals surface area contributed by atoms with E-state index in [0.717, 1.165) is 5.56 Å². The monoisotopic (exact) mass is 295 g/mol. The van der Waals surface area contributed by atoms with Gasteiger partial charge in [0.05, 0.1) is 17.7 Å². The predicted molar refractivity (Wildman–Crippen MR) is 78.1 cm³/mol. The molecule has 5 heteroatoms. The summed E-state index contributed by atoms with van der Waals surface area (Å²) in [5.74, 6) is 0.837. The molecule has 0 aliphatic carbocycles. The van der Waals surface area contributed by atoms with Gasteiger partial charge in [-0.2, -0.15) is 0 Å². The third-order valence-electron chi connectivity index (χ3n) is 3.83. The van der Waals surface area contributed by atoms with E-state index in [4.69, 9.17) is 9.47 Å². The van der Waals surface area contributed by atoms with E-state index in [1.807, 2.05) is 18.2 Å². The van der Waals surface area contributed by atoms with Crippen molar-refractivity contribution in [2.24, 2.45) is 0 Å². The molecule has 2 aromatic carbocycles. The van der Waals surface area contributed by atoms with Gasteiger partial charge in [0.15, 0.2) is 11.5 Å². The summed E-state index contributed by atoms with van der Waals surface area (Å²) in [5.41, 5.74) is 1.76. The molecule has 0 radical (unpaired) electrons. The van der Waals surface area contributed by atoms with Gasteiger partial charge in [-0.1, -0.05) is 18.2 Å². The highest BCUT2D eigenvalue weighted by Crippen LogP contribution is 2.32. The zero-order valence-electron chi connectivity index (χ0n) is 11.7. The fourth-order valence-electron chi connectivity index (χ4n) is 2.75. The van der Waals surface area contributed by atoms with Crippen molar-refractivity contribution in [2.75, 3.05) is 13.2 Å². The lowest BCUT2D eigenvalue weighted by Crippen LogP contribution is -2.29. The highest BCUT2D eigenvalue weighted by Gasteiger charge is 2.35. The molecule has 4 rings (SSSR count). The zero-order chi connectivity index (χ0) is 15.1. The van der Waals surface area contributed by atoms with Crippen LogP contribution in [0.1, 0.15) is 26.3 Å². The van der Waals surface area contributed by atoms with Gasteiger partial charge in [0.25, 0.3) is 11.8 Å². The average molecular weight is 295 g/mol. The third kappa shape index (κ3) is 1.94. The number of imide groups is 1. The van der Waals surface area contributed by atoms with Crippen molar-refractivity contribution < 1.29 is 19.1 Å². The van der Waals surface area contributed by atoms with Crippen LogP contribution >= 0.6 is 0 Å². The smallest absolute Gasteiger partial charge is 0.261 e. The van der Waals surface area contributed by atoms with Crippen LogP contribution in [-0.2, 0) is 6.54 Å². The molecule has 0 bridgehead atoms. The SMILES string of the molecule is O=C1c2ccccc2C(=O)N1Cc1ccc2c(c1)OCCO2. The summed E-state index contributed by atoms with van der Waals surface area (Å²) in [6.45, 7) is 1.26. The minimum Gasteiger partial charge on any atom is -0.486 e. The summed E-state index contributed by atoms with van der Waals surface area (Å²) in [6.07, 6.45) is 0. The van der Waals surface area contributed by atoms with E-state index in [2.05, 4.69) is 0 Å². The number of hydrogen-bond acceptors (Lipinski definition) is 4. The Morgan fingerprint density at radius 1 is 0.864 bits per heavy atom. The highest BCUT2D eigenvalue weighted by atomic mass is 16.6. The summed E-state index contributed by atoms with van der Waals surface area (Å²) in [6, 6.07) is 12.4. The molecule has 0 atom stereocenters. The Bertz CT molecular complexity index is 749. The largest absolute Gasteiger partial charge is 0.486 e. The van der Waals surface area contributed by atoms with Crippen molar-refractivity contribution in [3.8, 4) is 11.5 Å². The molecule has 5 nitrogen and oxygen atoms in total. The van der Waals surface area contributed by atoms with E-state index in [-0.39, 0.29) is 18.4 Å². The Morgan fingerprint density at radius 2 is 1.50 bits per heavy atom. The molecule has 0 saturated heterocycles. The Hall–Kier alpha value is -2.82. The van der Waals surface area contributed by atoms with Crippen LogP contribution in [0.2, 0.25) is 0 Å². The number of carbonyl (C=O) groups excluding carboxylic acids is 2. The molecule has 2 aromatic rings. The maximum Gasteiger partial charge on any atom is 0.261 e. The summed E-state index contributed by atoms with van der Waals surface area (Å²) >= 11 is 0. The topological polar surface area (TPSA) is 55.8 Å². The second-order valence-electron chi connectivity index (χ2n) is 5.22. The van der Waals surface area contributed by atoms with Crippen LogP contribution in [0.15, 0.2) is 42.5 Å². The standard InChI is InChI=1S/C17H13NO4/c19-16-12-3-1-2-4-13(12)17(20)18(16)10-11-5-6-14-15(9-11)22-8-7-21-14/h1-6,9H,7-8,10H2. The first-order valence-electron chi connectivity index (χ1n) is 7.08. The Labute approximate surface area is 127 Å². The molecule has 2 heterocycles. The van der Waals surface area contributed by atoms with Crippen molar-refractivity contribution in [3.63, 3.8) is 0 Å². The van der Waals surface area contributed by atoms with Gasteiger partial charge in [-0.05, 0) is 29.8 Å². The van der Waals surface area contributed by atoms with E-state index in [9.17, 15) is 9.59 Å². The van der Waals surface area contributed by atoms with Gasteiger partial charge < -0.3 is 9.47 Å². The van der Waals surface area contributed by atoms with Crippen LogP contribution < -0.4 is 9.47 Å². The summed E-state index contributed by atoms with van der Waals surface area (Å²) in [5, 5.41) is 0. The van der Waals surface area contributed by atoms with E-state index in [0.29, 0.717) is 35.8 Å². The molecule has 2 amide bonds. The van der Waals surface area contributed by atoms with Gasteiger partial charge in [0, 0.05) is 0 Å². The van der Waals surface area contributed by atoms with Crippen molar-refractivity contribution in [3.05, 3.63) is 59.2 Å². The molecular weight excluding hydrogens is 282 g/mol. The first-order chi connectivity index (χ1) is 10.7. The van der Waals surface area contributed by atoms with Gasteiger partial charge in [-0.15, -0.1) is 0 Å². The second-order valence-corrected chi connectivity index (χ2v) is 5.22. The number of hydrogen-bond donors (Lipinski definition) is 0. The third-order valence-corrected chi connectivity index (χ3v) is 3.83. The van der Waals surface area contributed by atoms with Gasteiger partial charge >= 0.3 is 0 Å². The lowest BCUT2D eigenvalue weighted by molar-refractivity contribution is 0.0642. The second kappa shape index (κ2) is 4.87. The normalized spacial score (nSPS) is 15.9. The van der Waals surface area contributed by atoms with Gasteiger partial charge in [0.2, 0.25) is 0 Å². The summed E-state index contributed by atoms with van der Waals surface area (Å²) in [4.78, 5) is 26.0. The number of nitrogens with zero attached hydrogens (tertiary/aromatic N) is 1. The minimum atomic E-state index is -0.254. The Morgan fingerprint density at radius 3 is 2.18 bits per heavy atom. The van der Waals surface area contributed by atoms with Crippen LogP contribution in [0.25, 0.3) is 0 Å². The van der Waals surface area contributed by atoms with E-state index >= 15 is 0 Å². The lowest BCUT2D eigenvalue weighted by Gasteiger charge is -2.20. The summed E-state index contributed by atoms with van der Waals surface area (Å²) in [7, 11) is 0. The van der Waals surface area contributed by atoms with Crippen LogP contribution in [0.5, 0.6) is 11.5 Å². The van der Waals surface area contributed by atoms with E-state index < -0.39 is 0 Å². The molecule has 2 aliphatic heterocycles. The molecule has 2 aliphatic rings. The molecule has 0 N–H and O–H groups in total. The first kappa shape index (κ1) is 12.9. The van der Waals surface area contributed by atoms with Crippen molar-refractivity contribution in [2.45, 2.75) is 6.54 Å². The number of carbonyl (C=O) groups is 2. The molecule has 110 valence electrons. The Balaban J connectivity index is 1.62. The molecule has 0 saturated carbocycles. The minimum absolute atomic E-state index is 0.225. The zero-order valence-corrected chi connectivity index (χ0v) is 11.7. The predicted octanol–water partition coefficient (Wildman–Crippen LogP) is 2.25. The number of rotatable bonds is 2. The van der Waals surface area contributed by atoms with Crippen molar-refractivity contribution >= 4 is 11.8 Å². The summed E-state index contributed by atoms with van der Waals surface area (Å²) < 4.78 is 11.0. The molecule has 0 spiro atoms. The van der Waals surface area contributed by atoms with Crippen molar-refractivity contribution in [1.29, 1.82) is 0 Å². The average Bonchev–Trinajstić information content (AvgIpc) is 2.80. The van der Waals surface area contributed by atoms with Crippen LogP contribution in [0.4, 0.5) is 0 Å². The van der Waals surface area contributed by atoms with E-state index in [1.165, 1.54) is 4.90 Å².